The zero-order valence-corrected chi connectivity index (χ0v) is 16.3. The number of aromatic nitrogens is 1. The van der Waals surface area contributed by atoms with Gasteiger partial charge in [-0.2, -0.15) is 0 Å². The molecule has 1 N–H and O–H groups in total. The van der Waals surface area contributed by atoms with Gasteiger partial charge in [0, 0.05) is 5.38 Å². The van der Waals surface area contributed by atoms with Crippen LogP contribution < -0.4 is 10.1 Å². The van der Waals surface area contributed by atoms with Gasteiger partial charge in [-0.05, 0) is 24.3 Å². The molecule has 0 aliphatic carbocycles. The monoisotopic (exact) mass is 416 g/mol. The lowest BCUT2D eigenvalue weighted by atomic mass is 10.2. The summed E-state index contributed by atoms with van der Waals surface area (Å²) in [5, 5.41) is 5.40. The van der Waals surface area contributed by atoms with Gasteiger partial charge in [0.1, 0.15) is 29.7 Å². The van der Waals surface area contributed by atoms with Crippen LogP contribution in [0.1, 0.15) is 25.9 Å². The molecule has 3 rings (SSSR count). The first-order valence-corrected chi connectivity index (χ1v) is 9.71. The summed E-state index contributed by atoms with van der Waals surface area (Å²) >= 11 is 7.25. The maximum absolute atomic E-state index is 12.1. The minimum atomic E-state index is -0.432. The summed E-state index contributed by atoms with van der Waals surface area (Å²) < 4.78 is 10.7. The molecule has 1 heterocycles. The molecular formula is C20H17ClN2O4S. The standard InChI is InChI=1S/C20H17ClN2O4S/c21-15-8-4-5-9-17(15)26-11-10-22-19(24)16-13-28-18(23-16)12-27-20(25)14-6-2-1-3-7-14/h1-9,13H,10-12H2,(H,22,24). The zero-order valence-electron chi connectivity index (χ0n) is 14.8. The lowest BCUT2D eigenvalue weighted by molar-refractivity contribution is 0.0472. The average molecular weight is 417 g/mol. The highest BCUT2D eigenvalue weighted by Crippen LogP contribution is 2.22. The van der Waals surface area contributed by atoms with Crippen molar-refractivity contribution in [2.75, 3.05) is 13.2 Å². The van der Waals surface area contributed by atoms with Crippen LogP contribution in [0.3, 0.4) is 0 Å². The quantitative estimate of drug-likeness (QED) is 0.444. The van der Waals surface area contributed by atoms with Crippen molar-refractivity contribution in [1.29, 1.82) is 0 Å². The first kappa shape index (κ1) is 19.9. The molecule has 8 heteroatoms. The number of hydrogen-bond donors (Lipinski definition) is 1. The Morgan fingerprint density at radius 2 is 1.82 bits per heavy atom. The Hall–Kier alpha value is -2.90. The van der Waals surface area contributed by atoms with Crippen molar-refractivity contribution in [2.45, 2.75) is 6.61 Å². The van der Waals surface area contributed by atoms with Crippen LogP contribution >= 0.6 is 22.9 Å². The van der Waals surface area contributed by atoms with Gasteiger partial charge in [0.15, 0.2) is 0 Å². The highest BCUT2D eigenvalue weighted by molar-refractivity contribution is 7.09. The summed E-state index contributed by atoms with van der Waals surface area (Å²) in [6, 6.07) is 15.8. The maximum Gasteiger partial charge on any atom is 0.338 e. The molecule has 0 fully saturated rings. The first-order chi connectivity index (χ1) is 13.6. The Bertz CT molecular complexity index is 946. The van der Waals surface area contributed by atoms with Crippen molar-refractivity contribution in [2.24, 2.45) is 0 Å². The number of benzene rings is 2. The van der Waals surface area contributed by atoms with E-state index >= 15 is 0 Å². The summed E-state index contributed by atoms with van der Waals surface area (Å²) in [4.78, 5) is 28.3. The lowest BCUT2D eigenvalue weighted by Gasteiger charge is -2.08. The predicted molar refractivity (Wildman–Crippen MR) is 107 cm³/mol. The van der Waals surface area contributed by atoms with Crippen molar-refractivity contribution in [3.8, 4) is 5.75 Å². The summed E-state index contributed by atoms with van der Waals surface area (Å²) in [6.07, 6.45) is 0. The number of thiazole rings is 1. The maximum atomic E-state index is 12.1. The summed E-state index contributed by atoms with van der Waals surface area (Å²) in [5.74, 6) is -0.187. The second-order valence-corrected chi connectivity index (χ2v) is 6.95. The van der Waals surface area contributed by atoms with Gasteiger partial charge in [-0.1, -0.05) is 41.9 Å². The molecule has 6 nitrogen and oxygen atoms in total. The van der Waals surface area contributed by atoms with E-state index in [4.69, 9.17) is 21.1 Å². The molecule has 0 bridgehead atoms. The van der Waals surface area contributed by atoms with Crippen molar-refractivity contribution >= 4 is 34.8 Å². The summed E-state index contributed by atoms with van der Waals surface area (Å²) in [7, 11) is 0. The van der Waals surface area contributed by atoms with E-state index in [9.17, 15) is 9.59 Å². The van der Waals surface area contributed by atoms with Crippen molar-refractivity contribution < 1.29 is 19.1 Å². The third kappa shape index (κ3) is 5.55. The van der Waals surface area contributed by atoms with Crippen LogP contribution in [0, 0.1) is 0 Å². The smallest absolute Gasteiger partial charge is 0.338 e. The molecule has 28 heavy (non-hydrogen) atoms. The van der Waals surface area contributed by atoms with Gasteiger partial charge >= 0.3 is 5.97 Å². The highest BCUT2D eigenvalue weighted by atomic mass is 35.5. The molecule has 1 aromatic heterocycles. The van der Waals surface area contributed by atoms with Gasteiger partial charge in [-0.3, -0.25) is 4.79 Å². The van der Waals surface area contributed by atoms with E-state index in [0.717, 1.165) is 0 Å². The Morgan fingerprint density at radius 1 is 1.07 bits per heavy atom. The highest BCUT2D eigenvalue weighted by Gasteiger charge is 2.12. The number of rotatable bonds is 8. The van der Waals surface area contributed by atoms with Crippen molar-refractivity contribution in [1.82, 2.24) is 10.3 Å². The summed E-state index contributed by atoms with van der Waals surface area (Å²) in [6.45, 7) is 0.600. The number of nitrogens with zero attached hydrogens (tertiary/aromatic N) is 1. The number of esters is 1. The molecule has 0 radical (unpaired) electrons. The Balaban J connectivity index is 1.42. The molecule has 144 valence electrons. The minimum Gasteiger partial charge on any atom is -0.490 e. The number of carbonyl (C=O) groups excluding carboxylic acids is 2. The topological polar surface area (TPSA) is 77.5 Å². The minimum absolute atomic E-state index is 0.0152. The first-order valence-electron chi connectivity index (χ1n) is 8.45. The van der Waals surface area contributed by atoms with Crippen LogP contribution in [-0.2, 0) is 11.3 Å². The van der Waals surface area contributed by atoms with E-state index in [1.54, 1.807) is 41.8 Å². The van der Waals surface area contributed by atoms with E-state index in [1.807, 2.05) is 18.2 Å². The average Bonchev–Trinajstić information content (AvgIpc) is 3.20. The van der Waals surface area contributed by atoms with Crippen molar-refractivity contribution in [3.63, 3.8) is 0 Å². The zero-order chi connectivity index (χ0) is 19.8. The number of nitrogens with one attached hydrogen (secondary N) is 1. The van der Waals surface area contributed by atoms with Crippen LogP contribution in [-0.4, -0.2) is 30.0 Å². The van der Waals surface area contributed by atoms with Gasteiger partial charge in [0.25, 0.3) is 5.91 Å². The fourth-order valence-corrected chi connectivity index (χ4v) is 3.12. The largest absolute Gasteiger partial charge is 0.490 e. The number of amides is 1. The molecule has 3 aromatic rings. The molecule has 0 saturated carbocycles. The third-order valence-corrected chi connectivity index (χ3v) is 4.74. The van der Waals surface area contributed by atoms with E-state index in [2.05, 4.69) is 10.3 Å². The second-order valence-electron chi connectivity index (χ2n) is 5.60. The van der Waals surface area contributed by atoms with Crippen LogP contribution in [0.5, 0.6) is 5.75 Å². The molecular weight excluding hydrogens is 400 g/mol. The molecule has 0 spiro atoms. The van der Waals surface area contributed by atoms with Crippen LogP contribution in [0.2, 0.25) is 5.02 Å². The van der Waals surface area contributed by atoms with Crippen molar-refractivity contribution in [3.05, 3.63) is 81.3 Å². The van der Waals surface area contributed by atoms with Gasteiger partial charge in [-0.15, -0.1) is 11.3 Å². The molecule has 0 atom stereocenters. The Labute approximate surface area is 171 Å². The fraction of sp³-hybridized carbons (Fsp3) is 0.150. The SMILES string of the molecule is O=C(OCc1nc(C(=O)NCCOc2ccccc2Cl)cs1)c1ccccc1. The van der Waals surface area contributed by atoms with E-state index in [0.29, 0.717) is 27.9 Å². The second kappa shape index (κ2) is 9.87. The van der Waals surface area contributed by atoms with Gasteiger partial charge in [0.2, 0.25) is 0 Å². The van der Waals surface area contributed by atoms with Crippen LogP contribution in [0.15, 0.2) is 60.0 Å². The van der Waals surface area contributed by atoms with Gasteiger partial charge in [-0.25, -0.2) is 9.78 Å². The molecule has 0 aliphatic heterocycles. The Kier molecular flexibility index (Phi) is 7.00. The molecule has 0 aliphatic rings. The van der Waals surface area contributed by atoms with Crippen LogP contribution in [0.4, 0.5) is 0 Å². The van der Waals surface area contributed by atoms with Crippen LogP contribution in [0.25, 0.3) is 0 Å². The number of hydrogen-bond acceptors (Lipinski definition) is 6. The Morgan fingerprint density at radius 3 is 2.61 bits per heavy atom. The number of para-hydroxylation sites is 1. The predicted octanol–water partition coefficient (Wildman–Crippen LogP) is 3.96. The normalized spacial score (nSPS) is 10.3. The summed E-state index contributed by atoms with van der Waals surface area (Å²) in [5.41, 5.74) is 0.740. The number of halogens is 1. The van der Waals surface area contributed by atoms with E-state index < -0.39 is 5.97 Å². The van der Waals surface area contributed by atoms with Gasteiger partial charge < -0.3 is 14.8 Å². The molecule has 2 aromatic carbocycles. The van der Waals surface area contributed by atoms with Gasteiger partial charge in [0.05, 0.1) is 17.1 Å². The molecule has 0 saturated heterocycles. The third-order valence-electron chi connectivity index (χ3n) is 3.60. The molecule has 0 unspecified atom stereocenters. The lowest BCUT2D eigenvalue weighted by Crippen LogP contribution is -2.28. The van der Waals surface area contributed by atoms with E-state index in [-0.39, 0.29) is 24.8 Å². The van der Waals surface area contributed by atoms with E-state index in [1.165, 1.54) is 11.3 Å². The fourth-order valence-electron chi connectivity index (χ4n) is 2.24. The number of ether oxygens (including phenoxy) is 2. The number of carbonyl (C=O) groups is 2. The molecule has 1 amide bonds.